The van der Waals surface area contributed by atoms with Gasteiger partial charge in [-0.2, -0.15) is 4.73 Å². The fraction of sp³-hybridized carbons (Fsp3) is 0.760. The molecule has 0 fully saturated rings. The Morgan fingerprint density at radius 2 is 1.48 bits per heavy atom. The Kier molecular flexibility index (Phi) is 12.6. The van der Waals surface area contributed by atoms with Gasteiger partial charge in [0.15, 0.2) is 12.4 Å². The first-order chi connectivity index (χ1) is 13.9. The van der Waals surface area contributed by atoms with Crippen molar-refractivity contribution in [2.24, 2.45) is 5.41 Å². The van der Waals surface area contributed by atoms with Gasteiger partial charge < -0.3 is 9.94 Å². The number of carbonyl (C=O) groups is 1. The van der Waals surface area contributed by atoms with Crippen molar-refractivity contribution in [2.45, 2.75) is 111 Å². The molecule has 1 unspecified atom stereocenters. The van der Waals surface area contributed by atoms with E-state index in [1.165, 1.54) is 63.8 Å². The van der Waals surface area contributed by atoms with Gasteiger partial charge in [-0.1, -0.05) is 71.6 Å². The summed E-state index contributed by atoms with van der Waals surface area (Å²) in [6, 6.07) is 3.71. The Morgan fingerprint density at radius 1 is 0.966 bits per heavy atom. The second-order valence-corrected chi connectivity index (χ2v) is 9.00. The predicted molar refractivity (Wildman–Crippen MR) is 120 cm³/mol. The molecule has 166 valence electrons. The summed E-state index contributed by atoms with van der Waals surface area (Å²) >= 11 is 0. The van der Waals surface area contributed by atoms with E-state index >= 15 is 0 Å². The van der Waals surface area contributed by atoms with Gasteiger partial charge in [-0.3, -0.25) is 4.79 Å². The van der Waals surface area contributed by atoms with E-state index in [4.69, 9.17) is 4.74 Å². The molecule has 0 aliphatic rings. The number of esters is 1. The van der Waals surface area contributed by atoms with Crippen LogP contribution in [0.25, 0.3) is 0 Å². The van der Waals surface area contributed by atoms with Crippen LogP contribution in [-0.2, 0) is 9.53 Å². The maximum atomic E-state index is 12.6. The van der Waals surface area contributed by atoms with Gasteiger partial charge in [-0.05, 0) is 44.6 Å². The Morgan fingerprint density at radius 3 is 2.00 bits per heavy atom. The van der Waals surface area contributed by atoms with E-state index in [0.29, 0.717) is 6.61 Å². The molecule has 4 nitrogen and oxygen atoms in total. The van der Waals surface area contributed by atoms with Gasteiger partial charge in [0.25, 0.3) is 0 Å². The van der Waals surface area contributed by atoms with E-state index in [1.807, 2.05) is 26.0 Å². The lowest BCUT2D eigenvalue weighted by atomic mass is 9.79. The van der Waals surface area contributed by atoms with Gasteiger partial charge in [0, 0.05) is 12.1 Å². The Balaban J connectivity index is 2.22. The van der Waals surface area contributed by atoms with Gasteiger partial charge in [0.1, 0.15) is 0 Å². The van der Waals surface area contributed by atoms with Crippen molar-refractivity contribution in [3.05, 3.63) is 35.3 Å². The van der Waals surface area contributed by atoms with Crippen LogP contribution in [0, 0.1) is 10.6 Å². The topological polar surface area (TPSA) is 53.2 Å². The molecule has 0 saturated heterocycles. The summed E-state index contributed by atoms with van der Waals surface area (Å²) in [6.07, 6.45) is 17.4. The van der Waals surface area contributed by atoms with Crippen molar-refractivity contribution >= 4 is 5.97 Å². The molecule has 0 saturated carbocycles. The summed E-state index contributed by atoms with van der Waals surface area (Å²) < 4.78 is 6.38. The van der Waals surface area contributed by atoms with Crippen LogP contribution in [-0.4, -0.2) is 12.6 Å². The SMILES string of the molecule is CCCCCCCCCCCCOC(=O)C(C)(C)CC(CC)c1cc[n+]([O-])cc1. The number of rotatable bonds is 16. The average Bonchev–Trinajstić information content (AvgIpc) is 2.70. The van der Waals surface area contributed by atoms with Crippen LogP contribution in [0.5, 0.6) is 0 Å². The van der Waals surface area contributed by atoms with Crippen molar-refractivity contribution in [3.63, 3.8) is 0 Å². The molecule has 1 aromatic rings. The minimum absolute atomic E-state index is 0.110. The molecular weight excluding hydrogens is 362 g/mol. The highest BCUT2D eigenvalue weighted by Gasteiger charge is 2.32. The quantitative estimate of drug-likeness (QED) is 0.133. The van der Waals surface area contributed by atoms with Gasteiger partial charge in [0.05, 0.1) is 12.0 Å². The van der Waals surface area contributed by atoms with Gasteiger partial charge >= 0.3 is 5.97 Å². The normalized spacial score (nSPS) is 12.7. The fourth-order valence-electron chi connectivity index (χ4n) is 3.84. The zero-order chi connectivity index (χ0) is 21.5. The monoisotopic (exact) mass is 405 g/mol. The number of pyridine rings is 1. The fourth-order valence-corrected chi connectivity index (χ4v) is 3.84. The summed E-state index contributed by atoms with van der Waals surface area (Å²) in [5.74, 6) is 0.137. The molecule has 1 aromatic heterocycles. The standard InChI is InChI=1S/C25H43NO3/c1-5-7-8-9-10-11-12-13-14-15-20-29-24(27)25(3,4)21-22(6-2)23-16-18-26(28)19-17-23/h16-19,22H,5-15,20-21H2,1-4H3. The van der Waals surface area contributed by atoms with Crippen LogP contribution >= 0.6 is 0 Å². The third kappa shape index (κ3) is 10.7. The Labute approximate surface area is 178 Å². The summed E-state index contributed by atoms with van der Waals surface area (Å²) in [7, 11) is 0. The highest BCUT2D eigenvalue weighted by Crippen LogP contribution is 2.34. The lowest BCUT2D eigenvalue weighted by Crippen LogP contribution is -2.29. The van der Waals surface area contributed by atoms with Crippen LogP contribution in [0.3, 0.4) is 0 Å². The molecule has 0 radical (unpaired) electrons. The molecule has 29 heavy (non-hydrogen) atoms. The zero-order valence-electron chi connectivity index (χ0n) is 19.3. The third-order valence-corrected chi connectivity index (χ3v) is 5.83. The summed E-state index contributed by atoms with van der Waals surface area (Å²) in [6.45, 7) is 8.83. The van der Waals surface area contributed by atoms with Crippen molar-refractivity contribution in [3.8, 4) is 0 Å². The summed E-state index contributed by atoms with van der Waals surface area (Å²) in [5, 5.41) is 11.3. The van der Waals surface area contributed by atoms with E-state index in [-0.39, 0.29) is 11.9 Å². The number of aromatic nitrogens is 1. The van der Waals surface area contributed by atoms with Crippen LogP contribution in [0.4, 0.5) is 0 Å². The molecule has 0 aromatic carbocycles. The first kappa shape index (κ1) is 25.5. The number of carbonyl (C=O) groups excluding carboxylic acids is 1. The lowest BCUT2D eigenvalue weighted by Gasteiger charge is -2.27. The number of nitrogens with zero attached hydrogens (tertiary/aromatic N) is 1. The van der Waals surface area contributed by atoms with Crippen LogP contribution in [0.1, 0.15) is 116 Å². The number of hydrogen-bond donors (Lipinski definition) is 0. The highest BCUT2D eigenvalue weighted by molar-refractivity contribution is 5.76. The molecule has 0 amide bonds. The van der Waals surface area contributed by atoms with E-state index < -0.39 is 5.41 Å². The lowest BCUT2D eigenvalue weighted by molar-refractivity contribution is -0.605. The summed E-state index contributed by atoms with van der Waals surface area (Å²) in [4.78, 5) is 12.6. The average molecular weight is 406 g/mol. The van der Waals surface area contributed by atoms with Gasteiger partial charge in [-0.25, -0.2) is 0 Å². The van der Waals surface area contributed by atoms with E-state index in [1.54, 1.807) is 0 Å². The molecular formula is C25H43NO3. The number of unbranched alkanes of at least 4 members (excludes halogenated alkanes) is 9. The second kappa shape index (κ2) is 14.4. The smallest absolute Gasteiger partial charge is 0.311 e. The van der Waals surface area contributed by atoms with Crippen molar-refractivity contribution in [1.82, 2.24) is 0 Å². The Hall–Kier alpha value is -1.58. The number of ether oxygens (including phenoxy) is 1. The van der Waals surface area contributed by atoms with E-state index in [2.05, 4.69) is 13.8 Å². The van der Waals surface area contributed by atoms with E-state index in [0.717, 1.165) is 36.0 Å². The first-order valence-corrected chi connectivity index (χ1v) is 11.8. The largest absolute Gasteiger partial charge is 0.619 e. The zero-order valence-corrected chi connectivity index (χ0v) is 19.3. The van der Waals surface area contributed by atoms with Crippen LogP contribution in [0.2, 0.25) is 0 Å². The Bertz CT molecular complexity index is 554. The molecule has 0 N–H and O–H groups in total. The predicted octanol–water partition coefficient (Wildman–Crippen LogP) is 6.69. The minimum atomic E-state index is -0.525. The maximum Gasteiger partial charge on any atom is 0.311 e. The van der Waals surface area contributed by atoms with E-state index in [9.17, 15) is 10.0 Å². The first-order valence-electron chi connectivity index (χ1n) is 11.8. The van der Waals surface area contributed by atoms with Crippen LogP contribution in [0.15, 0.2) is 24.5 Å². The van der Waals surface area contributed by atoms with Gasteiger partial charge in [0.2, 0.25) is 0 Å². The molecule has 1 atom stereocenters. The number of hydrogen-bond acceptors (Lipinski definition) is 3. The van der Waals surface area contributed by atoms with Gasteiger partial charge in [-0.15, -0.1) is 0 Å². The van der Waals surface area contributed by atoms with Crippen molar-refractivity contribution in [1.29, 1.82) is 0 Å². The molecule has 0 aliphatic heterocycles. The summed E-state index contributed by atoms with van der Waals surface area (Å²) in [5.41, 5.74) is 0.581. The maximum absolute atomic E-state index is 12.6. The second-order valence-electron chi connectivity index (χ2n) is 9.00. The highest BCUT2D eigenvalue weighted by atomic mass is 16.5. The minimum Gasteiger partial charge on any atom is -0.619 e. The molecule has 0 aliphatic carbocycles. The van der Waals surface area contributed by atoms with Crippen LogP contribution < -0.4 is 4.73 Å². The molecule has 1 heterocycles. The molecule has 0 spiro atoms. The molecule has 1 rings (SSSR count). The van der Waals surface area contributed by atoms with Crippen molar-refractivity contribution in [2.75, 3.05) is 6.61 Å². The molecule has 4 heteroatoms. The molecule has 0 bridgehead atoms. The van der Waals surface area contributed by atoms with Crippen molar-refractivity contribution < 1.29 is 14.3 Å². The third-order valence-electron chi connectivity index (χ3n) is 5.83.